The topological polar surface area (TPSA) is 71.3 Å². The van der Waals surface area contributed by atoms with Gasteiger partial charge in [0.05, 0.1) is 5.69 Å². The summed E-state index contributed by atoms with van der Waals surface area (Å²) in [6, 6.07) is 3.51. The summed E-state index contributed by atoms with van der Waals surface area (Å²) in [5.74, 6) is -2.71. The number of benzene rings is 1. The lowest BCUT2D eigenvalue weighted by Gasteiger charge is -2.29. The SMILES string of the molecule is Cc1ccc2c(NC(=O)C3CCC(C(F)(F)F)NC3=O)coc2c1. The first-order valence-electron chi connectivity index (χ1n) is 7.41. The standard InChI is InChI=1S/C16H15F3N2O3/c1-8-2-3-9-11(7-24-12(9)6-8)20-14(22)10-4-5-13(16(17,18)19)21-15(10)23/h2-3,6-7,10,13H,4-5H2,1H3,(H,20,22)(H,21,23). The number of halogens is 3. The molecule has 2 amide bonds. The minimum absolute atomic E-state index is 0.156. The fourth-order valence-corrected chi connectivity index (χ4v) is 2.76. The van der Waals surface area contributed by atoms with Crippen LogP contribution in [0.25, 0.3) is 11.0 Å². The van der Waals surface area contributed by atoms with Crippen LogP contribution in [-0.4, -0.2) is 24.0 Å². The molecule has 1 aromatic carbocycles. The predicted molar refractivity (Wildman–Crippen MR) is 80.3 cm³/mol. The van der Waals surface area contributed by atoms with Crippen molar-refractivity contribution in [2.75, 3.05) is 5.32 Å². The smallest absolute Gasteiger partial charge is 0.408 e. The van der Waals surface area contributed by atoms with Gasteiger partial charge in [0.15, 0.2) is 0 Å². The lowest BCUT2D eigenvalue weighted by Crippen LogP contribution is -2.53. The van der Waals surface area contributed by atoms with Crippen molar-refractivity contribution >= 4 is 28.5 Å². The minimum atomic E-state index is -4.50. The summed E-state index contributed by atoms with van der Waals surface area (Å²) in [6.07, 6.45) is -3.63. The van der Waals surface area contributed by atoms with Crippen molar-refractivity contribution in [2.45, 2.75) is 32.0 Å². The van der Waals surface area contributed by atoms with Crippen molar-refractivity contribution in [3.8, 4) is 0 Å². The summed E-state index contributed by atoms with van der Waals surface area (Å²) in [7, 11) is 0. The van der Waals surface area contributed by atoms with Gasteiger partial charge in [-0.05, 0) is 37.5 Å². The Morgan fingerprint density at radius 3 is 2.75 bits per heavy atom. The van der Waals surface area contributed by atoms with Crippen LogP contribution in [0.5, 0.6) is 0 Å². The lowest BCUT2D eigenvalue weighted by atomic mass is 9.92. The van der Waals surface area contributed by atoms with Crippen LogP contribution in [-0.2, 0) is 9.59 Å². The van der Waals surface area contributed by atoms with E-state index in [1.807, 2.05) is 18.3 Å². The molecule has 0 radical (unpaired) electrons. The number of furan rings is 1. The fraction of sp³-hybridized carbons (Fsp3) is 0.375. The van der Waals surface area contributed by atoms with Crippen LogP contribution in [0, 0.1) is 12.8 Å². The predicted octanol–water partition coefficient (Wildman–Crippen LogP) is 3.14. The van der Waals surface area contributed by atoms with E-state index in [1.165, 1.54) is 6.26 Å². The van der Waals surface area contributed by atoms with Gasteiger partial charge in [-0.15, -0.1) is 0 Å². The van der Waals surface area contributed by atoms with E-state index in [4.69, 9.17) is 4.42 Å². The quantitative estimate of drug-likeness (QED) is 0.825. The molecule has 1 saturated heterocycles. The van der Waals surface area contributed by atoms with Gasteiger partial charge in [0.1, 0.15) is 23.8 Å². The Labute approximate surface area is 135 Å². The van der Waals surface area contributed by atoms with E-state index >= 15 is 0 Å². The number of fused-ring (bicyclic) bond motifs is 1. The van der Waals surface area contributed by atoms with Gasteiger partial charge in [0.2, 0.25) is 11.8 Å². The molecule has 8 heteroatoms. The molecule has 2 aromatic rings. The van der Waals surface area contributed by atoms with Gasteiger partial charge in [-0.1, -0.05) is 6.07 Å². The summed E-state index contributed by atoms with van der Waals surface area (Å²) in [4.78, 5) is 24.1. The molecule has 0 aliphatic carbocycles. The number of alkyl halides is 3. The highest BCUT2D eigenvalue weighted by Crippen LogP contribution is 2.30. The monoisotopic (exact) mass is 340 g/mol. The third kappa shape index (κ3) is 3.08. The van der Waals surface area contributed by atoms with Crippen molar-refractivity contribution < 1.29 is 27.2 Å². The molecule has 2 heterocycles. The van der Waals surface area contributed by atoms with E-state index in [-0.39, 0.29) is 12.8 Å². The number of amides is 2. The van der Waals surface area contributed by atoms with Crippen LogP contribution in [0.1, 0.15) is 18.4 Å². The van der Waals surface area contributed by atoms with Gasteiger partial charge in [-0.25, -0.2) is 0 Å². The number of carbonyl (C=O) groups is 2. The average molecular weight is 340 g/mol. The van der Waals surface area contributed by atoms with Crippen LogP contribution in [0.15, 0.2) is 28.9 Å². The molecule has 2 unspecified atom stereocenters. The molecule has 1 fully saturated rings. The number of hydrogen-bond donors (Lipinski definition) is 2. The van der Waals surface area contributed by atoms with Gasteiger partial charge in [0, 0.05) is 5.39 Å². The van der Waals surface area contributed by atoms with Gasteiger partial charge >= 0.3 is 6.18 Å². The number of piperidine rings is 1. The Bertz CT molecular complexity index is 797. The van der Waals surface area contributed by atoms with E-state index in [1.54, 1.807) is 12.1 Å². The molecule has 1 aliphatic rings. The number of anilines is 1. The first-order chi connectivity index (χ1) is 11.3. The maximum atomic E-state index is 12.6. The Kier molecular flexibility index (Phi) is 3.98. The van der Waals surface area contributed by atoms with Gasteiger partial charge in [-0.3, -0.25) is 9.59 Å². The summed E-state index contributed by atoms with van der Waals surface area (Å²) >= 11 is 0. The zero-order chi connectivity index (χ0) is 17.5. The van der Waals surface area contributed by atoms with Crippen LogP contribution < -0.4 is 10.6 Å². The van der Waals surface area contributed by atoms with Crippen molar-refractivity contribution in [3.63, 3.8) is 0 Å². The molecule has 0 spiro atoms. The molecular weight excluding hydrogens is 325 g/mol. The van der Waals surface area contributed by atoms with Crippen molar-refractivity contribution in [1.29, 1.82) is 0 Å². The number of aryl methyl sites for hydroxylation is 1. The summed E-state index contributed by atoms with van der Waals surface area (Å²) < 4.78 is 43.2. The molecule has 0 bridgehead atoms. The fourth-order valence-electron chi connectivity index (χ4n) is 2.76. The molecule has 2 atom stereocenters. The summed E-state index contributed by atoms with van der Waals surface area (Å²) in [6.45, 7) is 1.89. The first kappa shape index (κ1) is 16.4. The van der Waals surface area contributed by atoms with Crippen molar-refractivity contribution in [1.82, 2.24) is 5.32 Å². The minimum Gasteiger partial charge on any atom is -0.462 e. The molecule has 1 aliphatic heterocycles. The van der Waals surface area contributed by atoms with E-state index < -0.39 is 30.0 Å². The highest BCUT2D eigenvalue weighted by molar-refractivity contribution is 6.09. The Balaban J connectivity index is 1.72. The second-order valence-corrected chi connectivity index (χ2v) is 5.87. The molecule has 3 rings (SSSR count). The Morgan fingerprint density at radius 2 is 2.08 bits per heavy atom. The van der Waals surface area contributed by atoms with Crippen molar-refractivity contribution in [2.24, 2.45) is 5.92 Å². The molecular formula is C16H15F3N2O3. The number of hydrogen-bond acceptors (Lipinski definition) is 3. The Hall–Kier alpha value is -2.51. The van der Waals surface area contributed by atoms with E-state index in [2.05, 4.69) is 5.32 Å². The number of carbonyl (C=O) groups excluding carboxylic acids is 2. The van der Waals surface area contributed by atoms with Crippen LogP contribution in [0.4, 0.5) is 18.9 Å². The maximum Gasteiger partial charge on any atom is 0.408 e. The molecule has 1 aromatic heterocycles. The van der Waals surface area contributed by atoms with Crippen LogP contribution in [0.2, 0.25) is 0 Å². The molecule has 0 saturated carbocycles. The van der Waals surface area contributed by atoms with E-state index in [0.717, 1.165) is 5.56 Å². The van der Waals surface area contributed by atoms with Crippen LogP contribution >= 0.6 is 0 Å². The Morgan fingerprint density at radius 1 is 1.33 bits per heavy atom. The summed E-state index contributed by atoms with van der Waals surface area (Å²) in [5, 5.41) is 5.09. The lowest BCUT2D eigenvalue weighted by molar-refractivity contribution is -0.170. The van der Waals surface area contributed by atoms with E-state index in [0.29, 0.717) is 16.7 Å². The number of rotatable bonds is 2. The second-order valence-electron chi connectivity index (χ2n) is 5.87. The summed E-state index contributed by atoms with van der Waals surface area (Å²) in [5.41, 5.74) is 1.95. The highest BCUT2D eigenvalue weighted by atomic mass is 19.4. The van der Waals surface area contributed by atoms with Gasteiger partial charge < -0.3 is 15.1 Å². The molecule has 5 nitrogen and oxygen atoms in total. The van der Waals surface area contributed by atoms with Gasteiger partial charge in [-0.2, -0.15) is 13.2 Å². The zero-order valence-electron chi connectivity index (χ0n) is 12.7. The average Bonchev–Trinajstić information content (AvgIpc) is 2.88. The number of nitrogens with one attached hydrogen (secondary N) is 2. The third-order valence-electron chi connectivity index (χ3n) is 4.08. The maximum absolute atomic E-state index is 12.6. The molecule has 24 heavy (non-hydrogen) atoms. The highest BCUT2D eigenvalue weighted by Gasteiger charge is 2.45. The van der Waals surface area contributed by atoms with Crippen LogP contribution in [0.3, 0.4) is 0 Å². The first-order valence-corrected chi connectivity index (χ1v) is 7.41. The van der Waals surface area contributed by atoms with Gasteiger partial charge in [0.25, 0.3) is 0 Å². The second kappa shape index (κ2) is 5.85. The van der Waals surface area contributed by atoms with E-state index in [9.17, 15) is 22.8 Å². The third-order valence-corrected chi connectivity index (χ3v) is 4.08. The molecule has 2 N–H and O–H groups in total. The largest absolute Gasteiger partial charge is 0.462 e. The zero-order valence-corrected chi connectivity index (χ0v) is 12.7. The van der Waals surface area contributed by atoms with Crippen molar-refractivity contribution in [3.05, 3.63) is 30.0 Å². The normalized spacial score (nSPS) is 21.6. The molecule has 128 valence electrons.